The third-order valence-electron chi connectivity index (χ3n) is 4.37. The lowest BCUT2D eigenvalue weighted by atomic mass is 10.2. The lowest BCUT2D eigenvalue weighted by molar-refractivity contribution is -0.144. The van der Waals surface area contributed by atoms with Crippen molar-refractivity contribution in [1.82, 2.24) is 4.90 Å². The normalized spacial score (nSPS) is 16.3. The fraction of sp³-hybridized carbons (Fsp3) is 0.211. The van der Waals surface area contributed by atoms with E-state index in [2.05, 4.69) is 5.32 Å². The molecule has 7 nitrogen and oxygen atoms in total. The van der Waals surface area contributed by atoms with E-state index >= 15 is 0 Å². The van der Waals surface area contributed by atoms with Gasteiger partial charge in [-0.3, -0.25) is 9.59 Å². The molecule has 0 bridgehead atoms. The molecule has 1 spiro atoms. The number of carbonyl (C=O) groups excluding carboxylic acids is 2. The van der Waals surface area contributed by atoms with E-state index in [9.17, 15) is 9.59 Å². The molecule has 0 radical (unpaired) electrons. The summed E-state index contributed by atoms with van der Waals surface area (Å²) in [6, 6.07) is 15.7. The summed E-state index contributed by atoms with van der Waals surface area (Å²) in [4.78, 5) is 26.1. The number of nitrogens with zero attached hydrogens (tertiary/aromatic N) is 2. The van der Waals surface area contributed by atoms with Gasteiger partial charge in [0.25, 0.3) is 5.79 Å². The zero-order valence-corrected chi connectivity index (χ0v) is 13.8. The molecule has 7 heteroatoms. The Morgan fingerprint density at radius 2 is 1.85 bits per heavy atom. The number of ether oxygens (including phenoxy) is 2. The van der Waals surface area contributed by atoms with Crippen LogP contribution in [0, 0.1) is 11.3 Å². The molecule has 0 aliphatic carbocycles. The van der Waals surface area contributed by atoms with Crippen molar-refractivity contribution in [3.05, 3.63) is 54.1 Å². The van der Waals surface area contributed by atoms with E-state index in [0.29, 0.717) is 35.7 Å². The van der Waals surface area contributed by atoms with Crippen molar-refractivity contribution in [1.29, 1.82) is 5.26 Å². The lowest BCUT2D eigenvalue weighted by Gasteiger charge is -2.22. The summed E-state index contributed by atoms with van der Waals surface area (Å²) in [6.07, 6.45) is 0.477. The topological polar surface area (TPSA) is 91.7 Å². The first-order valence-corrected chi connectivity index (χ1v) is 8.16. The Hall–Kier alpha value is -3.53. The van der Waals surface area contributed by atoms with Gasteiger partial charge in [0.2, 0.25) is 0 Å². The van der Waals surface area contributed by atoms with Gasteiger partial charge in [-0.15, -0.1) is 0 Å². The number of fused-ring (bicyclic) bond motifs is 1. The smallest absolute Gasteiger partial charge is 0.313 e. The Morgan fingerprint density at radius 1 is 1.12 bits per heavy atom. The number of para-hydroxylation sites is 2. The van der Waals surface area contributed by atoms with Crippen molar-refractivity contribution >= 4 is 17.5 Å². The fourth-order valence-corrected chi connectivity index (χ4v) is 3.13. The van der Waals surface area contributed by atoms with Crippen molar-refractivity contribution in [3.8, 4) is 17.6 Å². The summed E-state index contributed by atoms with van der Waals surface area (Å²) in [7, 11) is 0. The first-order valence-electron chi connectivity index (χ1n) is 8.16. The van der Waals surface area contributed by atoms with Crippen LogP contribution in [0.3, 0.4) is 0 Å². The Morgan fingerprint density at radius 3 is 2.54 bits per heavy atom. The molecule has 1 fully saturated rings. The molecule has 2 aromatic carbocycles. The van der Waals surface area contributed by atoms with Gasteiger partial charge in [0.15, 0.2) is 11.5 Å². The second kappa shape index (κ2) is 6.08. The van der Waals surface area contributed by atoms with Crippen LogP contribution in [0.1, 0.15) is 12.0 Å². The Labute approximate surface area is 149 Å². The number of carbonyl (C=O) groups is 2. The molecule has 2 aliphatic heterocycles. The van der Waals surface area contributed by atoms with E-state index in [4.69, 9.17) is 14.7 Å². The Balaban J connectivity index is 1.42. The molecule has 2 amide bonds. The molecule has 2 heterocycles. The first-order chi connectivity index (χ1) is 12.6. The van der Waals surface area contributed by atoms with Gasteiger partial charge in [-0.2, -0.15) is 5.26 Å². The van der Waals surface area contributed by atoms with Gasteiger partial charge in [0.1, 0.15) is 0 Å². The molecule has 4 rings (SSSR count). The van der Waals surface area contributed by atoms with Crippen molar-refractivity contribution in [3.63, 3.8) is 0 Å². The van der Waals surface area contributed by atoms with Gasteiger partial charge in [-0.25, -0.2) is 0 Å². The number of hydrogen-bond acceptors (Lipinski definition) is 5. The number of hydrogen-bond donors (Lipinski definition) is 1. The van der Waals surface area contributed by atoms with Crippen LogP contribution in [0.4, 0.5) is 5.69 Å². The minimum absolute atomic E-state index is 0.173. The summed E-state index contributed by atoms with van der Waals surface area (Å²) in [5, 5.41) is 11.4. The van der Waals surface area contributed by atoms with E-state index in [-0.39, 0.29) is 6.54 Å². The van der Waals surface area contributed by atoms with Crippen molar-refractivity contribution < 1.29 is 19.1 Å². The fourth-order valence-electron chi connectivity index (χ4n) is 3.13. The zero-order chi connectivity index (χ0) is 18.1. The molecular weight excluding hydrogens is 334 g/mol. The number of nitriles is 1. The van der Waals surface area contributed by atoms with Crippen LogP contribution in [0.15, 0.2) is 48.5 Å². The van der Waals surface area contributed by atoms with Crippen LogP contribution < -0.4 is 14.8 Å². The van der Waals surface area contributed by atoms with Gasteiger partial charge in [-0.1, -0.05) is 18.2 Å². The van der Waals surface area contributed by atoms with E-state index in [1.165, 1.54) is 11.0 Å². The second-order valence-corrected chi connectivity index (χ2v) is 6.18. The first kappa shape index (κ1) is 16.0. The molecule has 0 atom stereocenters. The lowest BCUT2D eigenvalue weighted by Crippen LogP contribution is -2.45. The van der Waals surface area contributed by atoms with Crippen molar-refractivity contribution in [2.75, 3.05) is 18.4 Å². The minimum Gasteiger partial charge on any atom is -0.447 e. The maximum absolute atomic E-state index is 12.5. The minimum atomic E-state index is -0.930. The van der Waals surface area contributed by atoms with E-state index in [1.54, 1.807) is 18.2 Å². The van der Waals surface area contributed by atoms with Gasteiger partial charge < -0.3 is 19.7 Å². The number of nitrogens with one attached hydrogen (secondary N) is 1. The molecule has 26 heavy (non-hydrogen) atoms. The van der Waals surface area contributed by atoms with Crippen LogP contribution in [0.2, 0.25) is 0 Å². The highest BCUT2D eigenvalue weighted by Crippen LogP contribution is 2.42. The van der Waals surface area contributed by atoms with Crippen LogP contribution in [0.25, 0.3) is 0 Å². The Bertz CT molecular complexity index is 909. The predicted octanol–water partition coefficient (Wildman–Crippen LogP) is 1.90. The zero-order valence-electron chi connectivity index (χ0n) is 13.8. The van der Waals surface area contributed by atoms with Gasteiger partial charge in [-0.05, 0) is 30.3 Å². The quantitative estimate of drug-likeness (QED) is 0.794. The Kier molecular flexibility index (Phi) is 3.73. The molecule has 2 aromatic rings. The number of likely N-dealkylation sites (tertiary alicyclic amines) is 1. The van der Waals surface area contributed by atoms with E-state index in [1.807, 2.05) is 30.3 Å². The van der Waals surface area contributed by atoms with Gasteiger partial charge in [0, 0.05) is 18.7 Å². The largest absolute Gasteiger partial charge is 0.447 e. The van der Waals surface area contributed by atoms with Crippen LogP contribution in [-0.2, 0) is 9.59 Å². The molecule has 1 N–H and O–H groups in total. The molecule has 0 aromatic heterocycles. The molecule has 0 saturated carbocycles. The van der Waals surface area contributed by atoms with Crippen molar-refractivity contribution in [2.24, 2.45) is 0 Å². The molecule has 0 unspecified atom stereocenters. The van der Waals surface area contributed by atoms with Gasteiger partial charge in [0.05, 0.1) is 18.2 Å². The summed E-state index contributed by atoms with van der Waals surface area (Å²) in [5.41, 5.74) is 0.804. The second-order valence-electron chi connectivity index (χ2n) is 6.18. The molecule has 130 valence electrons. The van der Waals surface area contributed by atoms with Gasteiger partial charge >= 0.3 is 11.8 Å². The van der Waals surface area contributed by atoms with Crippen LogP contribution >= 0.6 is 0 Å². The van der Waals surface area contributed by atoms with E-state index in [0.717, 1.165) is 0 Å². The van der Waals surface area contributed by atoms with Crippen LogP contribution in [-0.4, -0.2) is 35.6 Å². The summed E-state index contributed by atoms with van der Waals surface area (Å²) < 4.78 is 11.8. The number of amides is 2. The highest BCUT2D eigenvalue weighted by Gasteiger charge is 2.49. The van der Waals surface area contributed by atoms with E-state index < -0.39 is 17.6 Å². The maximum Gasteiger partial charge on any atom is 0.313 e. The molecular formula is C19H15N3O4. The summed E-state index contributed by atoms with van der Waals surface area (Å²) in [6.45, 7) is 0.532. The molecule has 2 aliphatic rings. The number of rotatable bonds is 1. The monoisotopic (exact) mass is 349 g/mol. The third-order valence-corrected chi connectivity index (χ3v) is 4.37. The molecule has 1 saturated heterocycles. The van der Waals surface area contributed by atoms with Crippen LogP contribution in [0.5, 0.6) is 11.5 Å². The summed E-state index contributed by atoms with van der Waals surface area (Å²) in [5.74, 6) is -1.07. The maximum atomic E-state index is 12.5. The number of anilines is 1. The number of benzene rings is 2. The third kappa shape index (κ3) is 2.82. The summed E-state index contributed by atoms with van der Waals surface area (Å²) >= 11 is 0. The SMILES string of the molecule is N#Cc1cccc(NC(=O)C(=O)N2CCC3(C2)Oc2ccccc2O3)c1. The highest BCUT2D eigenvalue weighted by atomic mass is 16.7. The average molecular weight is 349 g/mol. The highest BCUT2D eigenvalue weighted by molar-refractivity contribution is 6.39. The van der Waals surface area contributed by atoms with Crippen molar-refractivity contribution in [2.45, 2.75) is 12.2 Å². The average Bonchev–Trinajstić information content (AvgIpc) is 3.24. The predicted molar refractivity (Wildman–Crippen MR) is 91.4 cm³/mol. The standard InChI is InChI=1S/C19H15N3O4/c20-11-13-4-3-5-14(10-13)21-17(23)18(24)22-9-8-19(12-22)25-15-6-1-2-7-16(15)26-19/h1-7,10H,8-9,12H2,(H,21,23).